The van der Waals surface area contributed by atoms with Crippen molar-refractivity contribution in [2.75, 3.05) is 13.7 Å². The molecule has 0 saturated carbocycles. The van der Waals surface area contributed by atoms with E-state index in [0.29, 0.717) is 17.7 Å². The van der Waals surface area contributed by atoms with E-state index in [9.17, 15) is 4.79 Å². The van der Waals surface area contributed by atoms with Crippen molar-refractivity contribution in [2.24, 2.45) is 0 Å². The van der Waals surface area contributed by atoms with E-state index in [-0.39, 0.29) is 12.5 Å². The number of nitrogens with zero attached hydrogens (tertiary/aromatic N) is 3. The first-order chi connectivity index (χ1) is 10.2. The maximum atomic E-state index is 12.5. The van der Waals surface area contributed by atoms with Gasteiger partial charge in [0.15, 0.2) is 0 Å². The van der Waals surface area contributed by atoms with Gasteiger partial charge in [0.05, 0.1) is 11.1 Å². The van der Waals surface area contributed by atoms with Crippen molar-refractivity contribution in [1.82, 2.24) is 14.9 Å². The van der Waals surface area contributed by atoms with Crippen molar-refractivity contribution in [3.63, 3.8) is 0 Å². The van der Waals surface area contributed by atoms with E-state index in [1.807, 2.05) is 12.1 Å². The minimum absolute atomic E-state index is 0.150. The summed E-state index contributed by atoms with van der Waals surface area (Å²) in [5.41, 5.74) is 1.93. The minimum atomic E-state index is -0.256. The number of pyridine rings is 2. The van der Waals surface area contributed by atoms with E-state index in [2.05, 4.69) is 21.8 Å². The van der Waals surface area contributed by atoms with Crippen LogP contribution in [-0.4, -0.2) is 39.5 Å². The average molecular weight is 281 g/mol. The first kappa shape index (κ1) is 14.7. The molecule has 106 valence electrons. The average Bonchev–Trinajstić information content (AvgIpc) is 2.53. The Kier molecular flexibility index (Phi) is 5.02. The van der Waals surface area contributed by atoms with E-state index >= 15 is 0 Å². The zero-order valence-electron chi connectivity index (χ0n) is 11.7. The van der Waals surface area contributed by atoms with E-state index in [0.717, 1.165) is 5.56 Å². The second-order valence-electron chi connectivity index (χ2n) is 4.40. The number of amides is 1. The molecule has 21 heavy (non-hydrogen) atoms. The summed E-state index contributed by atoms with van der Waals surface area (Å²) in [7, 11) is 1.72. The van der Waals surface area contributed by atoms with Crippen LogP contribution >= 0.6 is 0 Å². The molecular weight excluding hydrogens is 266 g/mol. The van der Waals surface area contributed by atoms with Gasteiger partial charge in [-0.25, -0.2) is 0 Å². The lowest BCUT2D eigenvalue weighted by Crippen LogP contribution is -2.27. The highest BCUT2D eigenvalue weighted by Crippen LogP contribution is 2.11. The Hall–Kier alpha value is -2.71. The molecule has 2 heterocycles. The second-order valence-corrected chi connectivity index (χ2v) is 4.40. The van der Waals surface area contributed by atoms with Gasteiger partial charge in [-0.3, -0.25) is 14.8 Å². The summed E-state index contributed by atoms with van der Waals surface area (Å²) in [6.45, 7) is 0.204. The van der Waals surface area contributed by atoms with Gasteiger partial charge >= 0.3 is 0 Å². The quantitative estimate of drug-likeness (QED) is 0.855. The maximum Gasteiger partial charge on any atom is 0.255 e. The smallest absolute Gasteiger partial charge is 0.255 e. The zero-order valence-corrected chi connectivity index (χ0v) is 11.7. The number of rotatable bonds is 3. The van der Waals surface area contributed by atoms with Gasteiger partial charge < -0.3 is 10.0 Å². The number of aliphatic hydroxyl groups excluding tert-OH is 1. The molecule has 0 atom stereocenters. The van der Waals surface area contributed by atoms with Crippen LogP contribution < -0.4 is 0 Å². The number of carbonyl (C=O) groups is 1. The topological polar surface area (TPSA) is 66.3 Å². The third-order valence-electron chi connectivity index (χ3n) is 2.84. The molecule has 2 rings (SSSR count). The predicted octanol–water partition coefficient (Wildman–Crippen LogP) is 1.09. The van der Waals surface area contributed by atoms with Crippen LogP contribution in [0, 0.1) is 11.8 Å². The van der Waals surface area contributed by atoms with E-state index in [4.69, 9.17) is 5.11 Å². The molecule has 0 spiro atoms. The van der Waals surface area contributed by atoms with Gasteiger partial charge in [0.1, 0.15) is 6.61 Å². The molecule has 0 unspecified atom stereocenters. The fourth-order valence-electron chi connectivity index (χ4n) is 1.86. The summed E-state index contributed by atoms with van der Waals surface area (Å²) in [6, 6.07) is 5.37. The highest BCUT2D eigenvalue weighted by atomic mass is 16.2. The minimum Gasteiger partial charge on any atom is -0.384 e. The maximum absolute atomic E-state index is 12.5. The van der Waals surface area contributed by atoms with E-state index in [1.54, 1.807) is 36.6 Å². The first-order valence-electron chi connectivity index (χ1n) is 6.40. The zero-order chi connectivity index (χ0) is 15.1. The molecule has 2 aromatic heterocycles. The van der Waals surface area contributed by atoms with E-state index in [1.165, 1.54) is 6.20 Å². The number of aromatic nitrogens is 2. The summed E-state index contributed by atoms with van der Waals surface area (Å²) < 4.78 is 0. The molecule has 0 aliphatic rings. The normalized spacial score (nSPS) is 9.62. The van der Waals surface area contributed by atoms with Crippen LogP contribution in [-0.2, 0) is 6.54 Å². The van der Waals surface area contributed by atoms with Crippen molar-refractivity contribution in [3.05, 3.63) is 59.7 Å². The Morgan fingerprint density at radius 1 is 1.29 bits per heavy atom. The first-order valence-corrected chi connectivity index (χ1v) is 6.40. The van der Waals surface area contributed by atoms with Crippen molar-refractivity contribution >= 4 is 5.91 Å². The second kappa shape index (κ2) is 7.17. The molecule has 0 aliphatic heterocycles. The molecule has 5 heteroatoms. The highest BCUT2D eigenvalue weighted by Gasteiger charge is 2.15. The van der Waals surface area contributed by atoms with Gasteiger partial charge in [-0.2, -0.15) is 0 Å². The van der Waals surface area contributed by atoms with Crippen LogP contribution in [0.2, 0.25) is 0 Å². The summed E-state index contributed by atoms with van der Waals surface area (Å²) in [5, 5.41) is 8.76. The summed E-state index contributed by atoms with van der Waals surface area (Å²) in [4.78, 5) is 22.1. The predicted molar refractivity (Wildman–Crippen MR) is 78.2 cm³/mol. The summed E-state index contributed by atoms with van der Waals surface area (Å²) in [5.74, 6) is 5.12. The molecule has 0 saturated heterocycles. The molecule has 0 aliphatic carbocycles. The standard InChI is InChI=1S/C16H15N3O2/c1-19(12-13-4-2-7-17-10-13)16(21)15-6-8-18-11-14(15)5-3-9-20/h2,4,6-8,10-11,20H,9,12H2,1H3. The SMILES string of the molecule is CN(Cc1cccnc1)C(=O)c1ccncc1C#CCO. The Balaban J connectivity index is 2.20. The Labute approximate surface area is 123 Å². The largest absolute Gasteiger partial charge is 0.384 e. The fraction of sp³-hybridized carbons (Fsp3) is 0.188. The van der Waals surface area contributed by atoms with Gasteiger partial charge in [0.2, 0.25) is 0 Å². The van der Waals surface area contributed by atoms with Crippen LogP contribution in [0.1, 0.15) is 21.5 Å². The molecule has 0 aromatic carbocycles. The monoisotopic (exact) mass is 281 g/mol. The summed E-state index contributed by atoms with van der Waals surface area (Å²) >= 11 is 0. The fourth-order valence-corrected chi connectivity index (χ4v) is 1.86. The Morgan fingerprint density at radius 2 is 2.10 bits per heavy atom. The van der Waals surface area contributed by atoms with Crippen LogP contribution in [0.4, 0.5) is 0 Å². The van der Waals surface area contributed by atoms with Gasteiger partial charge in [-0.15, -0.1) is 0 Å². The van der Waals surface area contributed by atoms with Crippen LogP contribution in [0.15, 0.2) is 43.0 Å². The molecular formula is C16H15N3O2. The van der Waals surface area contributed by atoms with Crippen molar-refractivity contribution in [1.29, 1.82) is 0 Å². The molecule has 1 amide bonds. The van der Waals surface area contributed by atoms with Crippen molar-refractivity contribution < 1.29 is 9.90 Å². The van der Waals surface area contributed by atoms with Crippen LogP contribution in [0.5, 0.6) is 0 Å². The molecule has 5 nitrogen and oxygen atoms in total. The van der Waals surface area contributed by atoms with Gasteiger partial charge in [0, 0.05) is 38.4 Å². The van der Waals surface area contributed by atoms with Crippen LogP contribution in [0.3, 0.4) is 0 Å². The number of hydrogen-bond donors (Lipinski definition) is 1. The lowest BCUT2D eigenvalue weighted by Gasteiger charge is -2.17. The summed E-state index contributed by atoms with van der Waals surface area (Å²) in [6.07, 6.45) is 6.49. The molecule has 0 fully saturated rings. The van der Waals surface area contributed by atoms with Gasteiger partial charge in [-0.1, -0.05) is 17.9 Å². The number of hydrogen-bond acceptors (Lipinski definition) is 4. The lowest BCUT2D eigenvalue weighted by atomic mass is 10.1. The Morgan fingerprint density at radius 3 is 2.81 bits per heavy atom. The van der Waals surface area contributed by atoms with Gasteiger partial charge in [0.25, 0.3) is 5.91 Å². The number of carbonyl (C=O) groups excluding carboxylic acids is 1. The lowest BCUT2D eigenvalue weighted by molar-refractivity contribution is 0.0784. The highest BCUT2D eigenvalue weighted by molar-refractivity contribution is 5.96. The molecule has 2 aromatic rings. The molecule has 0 radical (unpaired) electrons. The molecule has 1 N–H and O–H groups in total. The third-order valence-corrected chi connectivity index (χ3v) is 2.84. The third kappa shape index (κ3) is 3.88. The molecule has 0 bridgehead atoms. The Bertz CT molecular complexity index is 675. The van der Waals surface area contributed by atoms with Crippen molar-refractivity contribution in [3.8, 4) is 11.8 Å². The van der Waals surface area contributed by atoms with Gasteiger partial charge in [-0.05, 0) is 17.7 Å². The van der Waals surface area contributed by atoms with E-state index < -0.39 is 0 Å². The van der Waals surface area contributed by atoms with Crippen molar-refractivity contribution in [2.45, 2.75) is 6.54 Å². The van der Waals surface area contributed by atoms with Crippen LogP contribution in [0.25, 0.3) is 0 Å². The number of aliphatic hydroxyl groups is 1.